The quantitative estimate of drug-likeness (QED) is 0.673. The number of thioether (sulfide) groups is 1. The van der Waals surface area contributed by atoms with Crippen molar-refractivity contribution >= 4 is 40.3 Å². The molecule has 7 heteroatoms. The lowest BCUT2D eigenvalue weighted by atomic mass is 9.99. The molecule has 20 heavy (non-hydrogen) atoms. The number of aliphatic imine (C=N–C) groups is 1. The van der Waals surface area contributed by atoms with E-state index in [1.54, 1.807) is 0 Å². The van der Waals surface area contributed by atoms with Gasteiger partial charge in [-0.2, -0.15) is 0 Å². The second-order valence-electron chi connectivity index (χ2n) is 4.58. The van der Waals surface area contributed by atoms with Gasteiger partial charge in [0.1, 0.15) is 0 Å². The molecule has 0 unspecified atom stereocenters. The van der Waals surface area contributed by atoms with Crippen molar-refractivity contribution < 1.29 is 9.63 Å². The predicted octanol–water partition coefficient (Wildman–Crippen LogP) is 3.28. The highest BCUT2D eigenvalue weighted by Crippen LogP contribution is 2.37. The van der Waals surface area contributed by atoms with E-state index in [2.05, 4.69) is 20.3 Å². The lowest BCUT2D eigenvalue weighted by molar-refractivity contribution is 0.153. The van der Waals surface area contributed by atoms with Gasteiger partial charge >= 0.3 is 6.09 Å². The highest BCUT2D eigenvalue weighted by Gasteiger charge is 2.35. The first-order chi connectivity index (χ1) is 9.42. The largest absolute Gasteiger partial charge is 0.433 e. The summed E-state index contributed by atoms with van der Waals surface area (Å²) in [6.45, 7) is 4.07. The van der Waals surface area contributed by atoms with Crippen molar-refractivity contribution in [2.75, 3.05) is 7.05 Å². The number of carbonyl (C=O) groups is 1. The molecule has 1 amide bonds. The minimum absolute atomic E-state index is 0.251. The Morgan fingerprint density at radius 3 is 2.65 bits per heavy atom. The minimum Gasteiger partial charge on any atom is -0.323 e. The zero-order valence-electron chi connectivity index (χ0n) is 11.3. The van der Waals surface area contributed by atoms with Gasteiger partial charge in [0.15, 0.2) is 0 Å². The summed E-state index contributed by atoms with van der Waals surface area (Å²) < 4.78 is -0.251. The number of carbonyl (C=O) groups excluding carboxylic acids is 1. The first-order valence-electron chi connectivity index (χ1n) is 5.93. The monoisotopic (exact) mass is 311 g/mol. The van der Waals surface area contributed by atoms with Gasteiger partial charge in [-0.05, 0) is 36.7 Å². The van der Waals surface area contributed by atoms with E-state index in [0.29, 0.717) is 10.2 Å². The van der Waals surface area contributed by atoms with Crippen molar-refractivity contribution in [2.45, 2.75) is 18.6 Å². The Morgan fingerprint density at radius 1 is 1.40 bits per heavy atom. The summed E-state index contributed by atoms with van der Waals surface area (Å²) in [5.41, 5.74) is 1.84. The van der Waals surface area contributed by atoms with Gasteiger partial charge in [0.2, 0.25) is 5.17 Å². The minimum atomic E-state index is -0.619. The average Bonchev–Trinajstić information content (AvgIpc) is 2.72. The molecule has 1 N–H and O–H groups in total. The van der Waals surface area contributed by atoms with Crippen LogP contribution in [0.25, 0.3) is 0 Å². The molecule has 0 spiro atoms. The van der Waals surface area contributed by atoms with Gasteiger partial charge < -0.3 is 5.32 Å². The number of hydrogen-bond donors (Lipinski definition) is 1. The van der Waals surface area contributed by atoms with E-state index in [1.807, 2.05) is 38.1 Å². The Morgan fingerprint density at radius 2 is 2.05 bits per heavy atom. The normalized spacial score (nSPS) is 18.8. The molecule has 0 saturated carbocycles. The molecule has 1 aliphatic heterocycles. The molecular weight excluding hydrogens is 298 g/mol. The second kappa shape index (κ2) is 5.85. The van der Waals surface area contributed by atoms with Crippen molar-refractivity contribution in [1.29, 1.82) is 0 Å². The van der Waals surface area contributed by atoms with Gasteiger partial charge in [-0.15, -0.1) is 0 Å². The summed E-state index contributed by atoms with van der Waals surface area (Å²) in [6, 6.07) is 7.45. The van der Waals surface area contributed by atoms with Gasteiger partial charge in [0.05, 0.1) is 10.5 Å². The van der Waals surface area contributed by atoms with Crippen molar-refractivity contribution in [3.63, 3.8) is 0 Å². The maximum atomic E-state index is 11.0. The molecule has 1 aromatic rings. The van der Waals surface area contributed by atoms with E-state index in [1.165, 1.54) is 18.8 Å². The number of amidine groups is 1. The highest BCUT2D eigenvalue weighted by molar-refractivity contribution is 8.16. The summed E-state index contributed by atoms with van der Waals surface area (Å²) in [4.78, 5) is 20.1. The van der Waals surface area contributed by atoms with Crippen LogP contribution in [0.4, 0.5) is 4.79 Å². The van der Waals surface area contributed by atoms with Crippen LogP contribution in [0.2, 0.25) is 5.02 Å². The molecule has 0 saturated heterocycles. The number of nitrogens with one attached hydrogen (secondary N) is 1. The number of benzene rings is 1. The molecule has 0 bridgehead atoms. The highest BCUT2D eigenvalue weighted by atomic mass is 35.5. The average molecular weight is 312 g/mol. The number of halogens is 1. The molecular formula is C13H14ClN3O2S. The summed E-state index contributed by atoms with van der Waals surface area (Å²) in [5, 5.41) is 7.15. The fraction of sp³-hybridized carbons (Fsp3) is 0.308. The van der Waals surface area contributed by atoms with E-state index in [9.17, 15) is 4.79 Å². The molecule has 1 heterocycles. The van der Waals surface area contributed by atoms with Crippen LogP contribution in [0.3, 0.4) is 0 Å². The molecule has 0 aliphatic carbocycles. The second-order valence-corrected chi connectivity index (χ2v) is 6.61. The smallest absolute Gasteiger partial charge is 0.323 e. The molecule has 0 radical (unpaired) electrons. The molecule has 0 fully saturated rings. The van der Waals surface area contributed by atoms with Crippen LogP contribution in [0.1, 0.15) is 19.4 Å². The van der Waals surface area contributed by atoms with E-state index >= 15 is 0 Å². The van der Waals surface area contributed by atoms with E-state index in [-0.39, 0.29) is 4.75 Å². The number of nitrogens with zero attached hydrogens (tertiary/aromatic N) is 2. The van der Waals surface area contributed by atoms with Crippen LogP contribution < -0.4 is 5.32 Å². The van der Waals surface area contributed by atoms with Crippen LogP contribution in [0.5, 0.6) is 0 Å². The molecule has 0 atom stereocenters. The van der Waals surface area contributed by atoms with Crippen LogP contribution >= 0.6 is 23.4 Å². The van der Waals surface area contributed by atoms with Gasteiger partial charge in [-0.1, -0.05) is 35.5 Å². The topological polar surface area (TPSA) is 63.0 Å². The van der Waals surface area contributed by atoms with Crippen molar-refractivity contribution in [1.82, 2.24) is 5.32 Å². The Labute approximate surface area is 126 Å². The SMILES string of the molecule is CNC(=O)O/N=C1/N=C(c2ccc(Cl)cc2)C(C)(C)S1. The first-order valence-corrected chi connectivity index (χ1v) is 7.12. The van der Waals surface area contributed by atoms with Gasteiger partial charge in [-0.25, -0.2) is 9.79 Å². The lowest BCUT2D eigenvalue weighted by Crippen LogP contribution is -2.24. The Kier molecular flexibility index (Phi) is 4.35. The third-order valence-electron chi connectivity index (χ3n) is 2.65. The van der Waals surface area contributed by atoms with Gasteiger partial charge in [0.25, 0.3) is 0 Å². The van der Waals surface area contributed by atoms with E-state index in [4.69, 9.17) is 11.6 Å². The van der Waals surface area contributed by atoms with E-state index < -0.39 is 6.09 Å². The maximum absolute atomic E-state index is 11.0. The Bertz CT molecular complexity index is 582. The molecule has 0 aromatic heterocycles. The van der Waals surface area contributed by atoms with Crippen molar-refractivity contribution in [3.8, 4) is 0 Å². The molecule has 106 valence electrons. The number of oxime groups is 1. The number of amides is 1. The summed E-state index contributed by atoms with van der Waals surface area (Å²) in [5.74, 6) is 0. The zero-order chi connectivity index (χ0) is 14.8. The zero-order valence-corrected chi connectivity index (χ0v) is 12.9. The number of rotatable bonds is 2. The van der Waals surface area contributed by atoms with Crippen molar-refractivity contribution in [3.05, 3.63) is 34.9 Å². The summed E-state index contributed by atoms with van der Waals surface area (Å²) in [7, 11) is 1.47. The molecule has 5 nitrogen and oxygen atoms in total. The van der Waals surface area contributed by atoms with Gasteiger partial charge in [0, 0.05) is 12.1 Å². The Balaban J connectivity index is 2.26. The van der Waals surface area contributed by atoms with Crippen LogP contribution in [0, 0.1) is 0 Å². The molecule has 2 rings (SSSR count). The number of hydrogen-bond acceptors (Lipinski definition) is 4. The fourth-order valence-corrected chi connectivity index (χ4v) is 2.77. The molecule has 1 aliphatic rings. The lowest BCUT2D eigenvalue weighted by Gasteiger charge is -2.18. The van der Waals surface area contributed by atoms with E-state index in [0.717, 1.165) is 11.3 Å². The fourth-order valence-electron chi connectivity index (χ4n) is 1.71. The van der Waals surface area contributed by atoms with Crippen LogP contribution in [0.15, 0.2) is 34.4 Å². The van der Waals surface area contributed by atoms with Crippen LogP contribution in [-0.2, 0) is 4.84 Å². The van der Waals surface area contributed by atoms with Crippen LogP contribution in [-0.4, -0.2) is 28.8 Å². The Hall–Kier alpha value is -1.53. The summed E-state index contributed by atoms with van der Waals surface area (Å²) in [6.07, 6.45) is -0.619. The van der Waals surface area contributed by atoms with Gasteiger partial charge in [-0.3, -0.25) is 4.84 Å². The summed E-state index contributed by atoms with van der Waals surface area (Å²) >= 11 is 7.32. The van der Waals surface area contributed by atoms with Crippen molar-refractivity contribution in [2.24, 2.45) is 10.1 Å². The maximum Gasteiger partial charge on any atom is 0.433 e. The third kappa shape index (κ3) is 3.32. The standard InChI is InChI=1S/C13H14ClN3O2S/c1-13(2)10(8-4-6-9(14)7-5-8)16-11(20-13)17-19-12(18)15-3/h4-7H,1-3H3,(H,15,18)/b17-11-. The first kappa shape index (κ1) is 14.9. The third-order valence-corrected chi connectivity index (χ3v) is 3.96. The predicted molar refractivity (Wildman–Crippen MR) is 82.6 cm³/mol. The molecule has 1 aromatic carbocycles.